The number of nitrogens with zero attached hydrogens (tertiary/aromatic N) is 3. The van der Waals surface area contributed by atoms with Crippen LogP contribution in [0, 0.1) is 0 Å². The van der Waals surface area contributed by atoms with E-state index in [-0.39, 0.29) is 19.6 Å². The molecular formula is C22H22ClN3O6. The SMILES string of the molecule is O=c1ccn(C2OC(CCO)C(O)C2O)c(=O)n1Cc1nccc(-c2ccccc2)c1Cl. The highest BCUT2D eigenvalue weighted by atomic mass is 35.5. The summed E-state index contributed by atoms with van der Waals surface area (Å²) in [6, 6.07) is 12.3. The van der Waals surface area contributed by atoms with Crippen molar-refractivity contribution in [3.05, 3.63) is 86.4 Å². The summed E-state index contributed by atoms with van der Waals surface area (Å²) in [7, 11) is 0. The van der Waals surface area contributed by atoms with Crippen molar-refractivity contribution in [2.45, 2.75) is 37.5 Å². The second-order valence-corrected chi connectivity index (χ2v) is 7.85. The molecule has 1 saturated heterocycles. The van der Waals surface area contributed by atoms with Gasteiger partial charge in [0.1, 0.15) is 12.2 Å². The van der Waals surface area contributed by atoms with Crippen molar-refractivity contribution in [1.29, 1.82) is 0 Å². The van der Waals surface area contributed by atoms with Gasteiger partial charge in [-0.15, -0.1) is 0 Å². The summed E-state index contributed by atoms with van der Waals surface area (Å²) >= 11 is 6.55. The standard InChI is InChI=1S/C22H22ClN3O6/c23-18-14(13-4-2-1-3-5-13)6-9-24-15(18)12-26-17(28)7-10-25(22(26)31)21-20(30)19(29)16(32-21)8-11-27/h1-7,9-10,16,19-21,27,29-30H,8,11-12H2. The Bertz CT molecular complexity index is 1210. The summed E-state index contributed by atoms with van der Waals surface area (Å²) in [5.74, 6) is 0. The van der Waals surface area contributed by atoms with Crippen LogP contribution in [0.25, 0.3) is 11.1 Å². The predicted molar refractivity (Wildman–Crippen MR) is 116 cm³/mol. The molecule has 1 aromatic carbocycles. The second-order valence-electron chi connectivity index (χ2n) is 7.47. The van der Waals surface area contributed by atoms with Gasteiger partial charge in [0.05, 0.1) is 23.4 Å². The number of hydrogen-bond acceptors (Lipinski definition) is 7. The molecule has 2 aromatic heterocycles. The fourth-order valence-corrected chi connectivity index (χ4v) is 4.06. The highest BCUT2D eigenvalue weighted by Gasteiger charge is 2.43. The van der Waals surface area contributed by atoms with Gasteiger partial charge in [-0.2, -0.15) is 0 Å². The van der Waals surface area contributed by atoms with Gasteiger partial charge >= 0.3 is 5.69 Å². The summed E-state index contributed by atoms with van der Waals surface area (Å²) < 4.78 is 7.56. The minimum Gasteiger partial charge on any atom is -0.396 e. The van der Waals surface area contributed by atoms with Crippen LogP contribution in [0.5, 0.6) is 0 Å². The molecule has 3 heterocycles. The van der Waals surface area contributed by atoms with Gasteiger partial charge in [0.15, 0.2) is 6.23 Å². The number of aromatic nitrogens is 3. The molecule has 0 saturated carbocycles. The van der Waals surface area contributed by atoms with Crippen molar-refractivity contribution in [2.75, 3.05) is 6.61 Å². The van der Waals surface area contributed by atoms with Crippen LogP contribution in [0.15, 0.2) is 64.4 Å². The maximum atomic E-state index is 13.1. The van der Waals surface area contributed by atoms with Gasteiger partial charge in [-0.05, 0) is 18.1 Å². The van der Waals surface area contributed by atoms with Crippen LogP contribution < -0.4 is 11.2 Å². The summed E-state index contributed by atoms with van der Waals surface area (Å²) in [5, 5.41) is 29.9. The van der Waals surface area contributed by atoms with Gasteiger partial charge in [-0.25, -0.2) is 4.79 Å². The zero-order chi connectivity index (χ0) is 22.8. The monoisotopic (exact) mass is 459 g/mol. The Morgan fingerprint density at radius 1 is 1.06 bits per heavy atom. The molecule has 168 valence electrons. The van der Waals surface area contributed by atoms with Crippen molar-refractivity contribution in [1.82, 2.24) is 14.1 Å². The Balaban J connectivity index is 1.70. The molecule has 0 aliphatic carbocycles. The van der Waals surface area contributed by atoms with E-state index in [1.807, 2.05) is 30.3 Å². The maximum Gasteiger partial charge on any atom is 0.333 e. The number of aliphatic hydroxyl groups excluding tert-OH is 3. The quantitative estimate of drug-likeness (QED) is 0.497. The summed E-state index contributed by atoms with van der Waals surface area (Å²) in [6.07, 6.45) is -1.88. The first-order chi connectivity index (χ1) is 15.4. The number of halogens is 1. The van der Waals surface area contributed by atoms with Gasteiger partial charge in [0.25, 0.3) is 5.56 Å². The molecule has 4 rings (SSSR count). The van der Waals surface area contributed by atoms with E-state index in [4.69, 9.17) is 21.4 Å². The maximum absolute atomic E-state index is 13.1. The van der Waals surface area contributed by atoms with Crippen LogP contribution in [0.4, 0.5) is 0 Å². The first kappa shape index (κ1) is 22.4. The van der Waals surface area contributed by atoms with Gasteiger partial charge in [0.2, 0.25) is 0 Å². The van der Waals surface area contributed by atoms with Crippen LogP contribution >= 0.6 is 11.6 Å². The number of benzene rings is 1. The van der Waals surface area contributed by atoms with E-state index in [1.54, 1.807) is 12.3 Å². The van der Waals surface area contributed by atoms with Crippen LogP contribution in [0.3, 0.4) is 0 Å². The van der Waals surface area contributed by atoms with E-state index in [0.717, 1.165) is 20.8 Å². The first-order valence-electron chi connectivity index (χ1n) is 10.1. The topological polar surface area (TPSA) is 127 Å². The lowest BCUT2D eigenvalue weighted by Gasteiger charge is -2.19. The average Bonchev–Trinajstić information content (AvgIpc) is 3.07. The molecule has 3 N–H and O–H groups in total. The number of rotatable bonds is 6. The fourth-order valence-electron chi connectivity index (χ4n) is 3.78. The second kappa shape index (κ2) is 9.35. The van der Waals surface area contributed by atoms with E-state index in [0.29, 0.717) is 16.3 Å². The lowest BCUT2D eigenvalue weighted by atomic mass is 10.1. The van der Waals surface area contributed by atoms with E-state index in [2.05, 4.69) is 4.98 Å². The average molecular weight is 460 g/mol. The lowest BCUT2D eigenvalue weighted by molar-refractivity contribution is -0.0458. The molecule has 0 spiro atoms. The van der Waals surface area contributed by atoms with Crippen molar-refractivity contribution in [2.24, 2.45) is 0 Å². The third kappa shape index (κ3) is 4.13. The lowest BCUT2D eigenvalue weighted by Crippen LogP contribution is -2.43. The van der Waals surface area contributed by atoms with E-state index in [1.165, 1.54) is 6.20 Å². The summed E-state index contributed by atoms with van der Waals surface area (Å²) in [5.41, 5.74) is 0.586. The van der Waals surface area contributed by atoms with Crippen molar-refractivity contribution in [3.63, 3.8) is 0 Å². The Kier molecular flexibility index (Phi) is 6.54. The number of aliphatic hydroxyl groups is 3. The smallest absolute Gasteiger partial charge is 0.333 e. The number of ether oxygens (including phenoxy) is 1. The molecular weight excluding hydrogens is 438 g/mol. The first-order valence-corrected chi connectivity index (χ1v) is 10.4. The molecule has 1 aliphatic rings. The van der Waals surface area contributed by atoms with E-state index >= 15 is 0 Å². The van der Waals surface area contributed by atoms with Crippen molar-refractivity contribution < 1.29 is 20.1 Å². The molecule has 10 heteroatoms. The molecule has 1 fully saturated rings. The Hall–Kier alpha value is -2.82. The molecule has 9 nitrogen and oxygen atoms in total. The van der Waals surface area contributed by atoms with Crippen LogP contribution in [0.2, 0.25) is 5.02 Å². The van der Waals surface area contributed by atoms with Gasteiger partial charge < -0.3 is 20.1 Å². The molecule has 1 aliphatic heterocycles. The Morgan fingerprint density at radius 3 is 2.53 bits per heavy atom. The summed E-state index contributed by atoms with van der Waals surface area (Å²) in [6.45, 7) is -0.444. The Morgan fingerprint density at radius 2 is 1.81 bits per heavy atom. The molecule has 32 heavy (non-hydrogen) atoms. The molecule has 4 atom stereocenters. The Labute approximate surface area is 187 Å². The van der Waals surface area contributed by atoms with Gasteiger partial charge in [0, 0.05) is 30.6 Å². The number of hydrogen-bond donors (Lipinski definition) is 3. The van der Waals surface area contributed by atoms with E-state index in [9.17, 15) is 19.8 Å². The molecule has 0 radical (unpaired) electrons. The molecule has 4 unspecified atom stereocenters. The normalized spacial score (nSPS) is 22.9. The summed E-state index contributed by atoms with van der Waals surface area (Å²) in [4.78, 5) is 29.8. The van der Waals surface area contributed by atoms with Crippen molar-refractivity contribution in [3.8, 4) is 11.1 Å². The zero-order valence-corrected chi connectivity index (χ0v) is 17.7. The molecule has 3 aromatic rings. The fraction of sp³-hybridized carbons (Fsp3) is 0.318. The van der Waals surface area contributed by atoms with E-state index < -0.39 is 35.8 Å². The molecule has 0 bridgehead atoms. The number of pyridine rings is 1. The minimum atomic E-state index is -1.40. The van der Waals surface area contributed by atoms with Crippen LogP contribution in [-0.2, 0) is 11.3 Å². The largest absolute Gasteiger partial charge is 0.396 e. The van der Waals surface area contributed by atoms with Gasteiger partial charge in [-0.1, -0.05) is 41.9 Å². The highest BCUT2D eigenvalue weighted by molar-refractivity contribution is 6.33. The minimum absolute atomic E-state index is 0.0922. The third-order valence-electron chi connectivity index (χ3n) is 5.47. The molecule has 0 amide bonds. The van der Waals surface area contributed by atoms with Crippen molar-refractivity contribution >= 4 is 11.6 Å². The van der Waals surface area contributed by atoms with Gasteiger partial charge in [-0.3, -0.25) is 18.9 Å². The van der Waals surface area contributed by atoms with Crippen LogP contribution in [0.1, 0.15) is 18.3 Å². The zero-order valence-electron chi connectivity index (χ0n) is 16.9. The van der Waals surface area contributed by atoms with Crippen LogP contribution in [-0.4, -0.2) is 54.4 Å². The predicted octanol–water partition coefficient (Wildman–Crippen LogP) is 0.775. The third-order valence-corrected chi connectivity index (χ3v) is 5.90. The highest BCUT2D eigenvalue weighted by Crippen LogP contribution is 2.31.